The number of benzene rings is 2. The maximum Gasteiger partial charge on any atom is 0.170 e. The van der Waals surface area contributed by atoms with Crippen LogP contribution < -0.4 is 5.73 Å². The van der Waals surface area contributed by atoms with Crippen LogP contribution in [-0.2, 0) is 0 Å². The highest BCUT2D eigenvalue weighted by molar-refractivity contribution is 7.99. The number of amidine groups is 1. The second-order valence-electron chi connectivity index (χ2n) is 4.05. The van der Waals surface area contributed by atoms with Gasteiger partial charge in [0.25, 0.3) is 0 Å². The summed E-state index contributed by atoms with van der Waals surface area (Å²) in [5, 5.41) is 12.2. The molecule has 2 aromatic rings. The average molecular weight is 293 g/mol. The molecule has 0 bridgehead atoms. The van der Waals surface area contributed by atoms with E-state index in [-0.39, 0.29) is 5.84 Å². The molecule has 0 aliphatic heterocycles. The first-order valence-electron chi connectivity index (χ1n) is 5.62. The van der Waals surface area contributed by atoms with E-state index in [2.05, 4.69) is 11.2 Å². The summed E-state index contributed by atoms with van der Waals surface area (Å²) >= 11 is 7.79. The van der Waals surface area contributed by atoms with E-state index in [0.717, 1.165) is 9.79 Å². The minimum Gasteiger partial charge on any atom is -0.409 e. The highest BCUT2D eigenvalue weighted by atomic mass is 35.5. The van der Waals surface area contributed by atoms with Gasteiger partial charge >= 0.3 is 0 Å². The van der Waals surface area contributed by atoms with Crippen molar-refractivity contribution in [3.8, 4) is 0 Å². The van der Waals surface area contributed by atoms with Gasteiger partial charge in [0, 0.05) is 15.4 Å². The van der Waals surface area contributed by atoms with E-state index in [9.17, 15) is 0 Å². The fourth-order valence-electron chi connectivity index (χ4n) is 1.61. The molecule has 0 unspecified atom stereocenters. The van der Waals surface area contributed by atoms with Crippen LogP contribution in [0.5, 0.6) is 0 Å². The van der Waals surface area contributed by atoms with Crippen molar-refractivity contribution in [3.05, 3.63) is 58.6 Å². The van der Waals surface area contributed by atoms with Crippen molar-refractivity contribution >= 4 is 29.2 Å². The van der Waals surface area contributed by atoms with Crippen molar-refractivity contribution in [1.82, 2.24) is 0 Å². The number of hydrogen-bond acceptors (Lipinski definition) is 3. The van der Waals surface area contributed by atoms with Crippen LogP contribution in [0.15, 0.2) is 57.4 Å². The molecule has 0 aliphatic carbocycles. The predicted molar refractivity (Wildman–Crippen MR) is 79.3 cm³/mol. The number of hydrogen-bond donors (Lipinski definition) is 2. The molecule has 0 amide bonds. The van der Waals surface area contributed by atoms with Gasteiger partial charge in [-0.3, -0.25) is 0 Å². The maximum atomic E-state index is 8.63. The van der Waals surface area contributed by atoms with E-state index in [1.807, 2.05) is 31.2 Å². The standard InChI is InChI=1S/C14H13ClN2OS/c1-9-3-2-4-11(7-9)19-13-6-5-10(8-12(13)15)14(16)17-18/h2-8,18H,1H3,(H2,16,17). The minimum absolute atomic E-state index is 0.0500. The van der Waals surface area contributed by atoms with E-state index in [1.165, 1.54) is 5.56 Å². The number of nitrogens with zero attached hydrogens (tertiary/aromatic N) is 1. The lowest BCUT2D eigenvalue weighted by atomic mass is 10.2. The lowest BCUT2D eigenvalue weighted by Crippen LogP contribution is -2.12. The summed E-state index contributed by atoms with van der Waals surface area (Å²) in [6.07, 6.45) is 0. The van der Waals surface area contributed by atoms with E-state index in [0.29, 0.717) is 10.6 Å². The Labute approximate surface area is 121 Å². The summed E-state index contributed by atoms with van der Waals surface area (Å²) in [7, 11) is 0. The van der Waals surface area contributed by atoms with Crippen LogP contribution in [0.4, 0.5) is 0 Å². The van der Waals surface area contributed by atoms with Gasteiger partial charge in [0.2, 0.25) is 0 Å². The molecule has 2 rings (SSSR count). The van der Waals surface area contributed by atoms with E-state index >= 15 is 0 Å². The summed E-state index contributed by atoms with van der Waals surface area (Å²) in [5.74, 6) is 0.0500. The van der Waals surface area contributed by atoms with Crippen molar-refractivity contribution in [2.75, 3.05) is 0 Å². The molecule has 2 aromatic carbocycles. The summed E-state index contributed by atoms with van der Waals surface area (Å²) in [6.45, 7) is 2.05. The molecular weight excluding hydrogens is 280 g/mol. The second kappa shape index (κ2) is 5.99. The zero-order valence-electron chi connectivity index (χ0n) is 10.3. The monoisotopic (exact) mass is 292 g/mol. The van der Waals surface area contributed by atoms with Crippen molar-refractivity contribution in [2.45, 2.75) is 16.7 Å². The van der Waals surface area contributed by atoms with E-state index in [4.69, 9.17) is 22.5 Å². The lowest BCUT2D eigenvalue weighted by Gasteiger charge is -2.07. The van der Waals surface area contributed by atoms with Gasteiger partial charge in [-0.25, -0.2) is 0 Å². The smallest absolute Gasteiger partial charge is 0.170 e. The molecule has 98 valence electrons. The Kier molecular flexibility index (Phi) is 4.35. The Morgan fingerprint density at radius 1 is 1.26 bits per heavy atom. The molecule has 0 fully saturated rings. The molecular formula is C14H13ClN2OS. The Morgan fingerprint density at radius 3 is 2.68 bits per heavy atom. The third kappa shape index (κ3) is 3.43. The van der Waals surface area contributed by atoms with Crippen LogP contribution in [0, 0.1) is 6.92 Å². The molecule has 0 spiro atoms. The molecule has 0 saturated carbocycles. The topological polar surface area (TPSA) is 58.6 Å². The van der Waals surface area contributed by atoms with Crippen molar-refractivity contribution in [2.24, 2.45) is 10.9 Å². The number of nitrogens with two attached hydrogens (primary N) is 1. The van der Waals surface area contributed by atoms with Crippen molar-refractivity contribution < 1.29 is 5.21 Å². The zero-order valence-corrected chi connectivity index (χ0v) is 11.9. The predicted octanol–water partition coefficient (Wildman–Crippen LogP) is 3.89. The Morgan fingerprint density at radius 2 is 2.05 bits per heavy atom. The number of rotatable bonds is 3. The van der Waals surface area contributed by atoms with Gasteiger partial charge in [-0.05, 0) is 37.3 Å². The molecule has 0 radical (unpaired) electrons. The fraction of sp³-hybridized carbons (Fsp3) is 0.0714. The van der Waals surface area contributed by atoms with Crippen LogP contribution in [0.2, 0.25) is 5.02 Å². The number of oxime groups is 1. The quantitative estimate of drug-likeness (QED) is 0.390. The summed E-state index contributed by atoms with van der Waals surface area (Å²) in [6, 6.07) is 13.5. The van der Waals surface area contributed by atoms with Crippen molar-refractivity contribution in [1.29, 1.82) is 0 Å². The number of aryl methyl sites for hydroxylation is 1. The van der Waals surface area contributed by atoms with Crippen molar-refractivity contribution in [3.63, 3.8) is 0 Å². The normalized spacial score (nSPS) is 11.6. The molecule has 0 aliphatic rings. The highest BCUT2D eigenvalue weighted by Gasteiger charge is 2.06. The Hall–Kier alpha value is -1.65. The van der Waals surface area contributed by atoms with Crippen LogP contribution >= 0.6 is 23.4 Å². The van der Waals surface area contributed by atoms with E-state index < -0.39 is 0 Å². The molecule has 19 heavy (non-hydrogen) atoms. The van der Waals surface area contributed by atoms with Crippen LogP contribution in [0.3, 0.4) is 0 Å². The summed E-state index contributed by atoms with van der Waals surface area (Å²) in [4.78, 5) is 2.06. The number of halogens is 1. The summed E-state index contributed by atoms with van der Waals surface area (Å²) < 4.78 is 0. The zero-order chi connectivity index (χ0) is 13.8. The van der Waals surface area contributed by atoms with Crippen LogP contribution in [0.1, 0.15) is 11.1 Å². The Balaban J connectivity index is 2.27. The Bertz CT molecular complexity index is 629. The molecule has 5 heteroatoms. The molecule has 0 atom stereocenters. The molecule has 0 heterocycles. The third-order valence-corrected chi connectivity index (χ3v) is 4.04. The molecule has 0 saturated heterocycles. The van der Waals surface area contributed by atoms with Gasteiger partial charge in [-0.15, -0.1) is 0 Å². The van der Waals surface area contributed by atoms with Gasteiger partial charge < -0.3 is 10.9 Å². The largest absolute Gasteiger partial charge is 0.409 e. The van der Waals surface area contributed by atoms with Gasteiger partial charge in [-0.2, -0.15) is 0 Å². The van der Waals surface area contributed by atoms with Gasteiger partial charge in [0.15, 0.2) is 5.84 Å². The van der Waals surface area contributed by atoms with Crippen LogP contribution in [-0.4, -0.2) is 11.0 Å². The van der Waals surface area contributed by atoms with E-state index in [1.54, 1.807) is 23.9 Å². The fourth-order valence-corrected chi connectivity index (χ4v) is 2.84. The van der Waals surface area contributed by atoms with Gasteiger partial charge in [-0.1, -0.05) is 46.2 Å². The first kappa shape index (κ1) is 13.8. The third-order valence-electron chi connectivity index (χ3n) is 2.55. The van der Waals surface area contributed by atoms with Gasteiger partial charge in [0.1, 0.15) is 0 Å². The highest BCUT2D eigenvalue weighted by Crippen LogP contribution is 2.34. The van der Waals surface area contributed by atoms with Crippen LogP contribution in [0.25, 0.3) is 0 Å². The molecule has 0 aromatic heterocycles. The molecule has 3 nitrogen and oxygen atoms in total. The molecule has 3 N–H and O–H groups in total. The minimum atomic E-state index is 0.0500. The van der Waals surface area contributed by atoms with Gasteiger partial charge in [0.05, 0.1) is 5.02 Å². The first-order chi connectivity index (χ1) is 9.10. The second-order valence-corrected chi connectivity index (χ2v) is 5.57. The maximum absolute atomic E-state index is 8.63. The first-order valence-corrected chi connectivity index (χ1v) is 6.81. The average Bonchev–Trinajstić information content (AvgIpc) is 2.40. The lowest BCUT2D eigenvalue weighted by molar-refractivity contribution is 0.318. The summed E-state index contributed by atoms with van der Waals surface area (Å²) in [5.41, 5.74) is 7.32. The SMILES string of the molecule is Cc1cccc(Sc2ccc(C(N)=NO)cc2Cl)c1.